The van der Waals surface area contributed by atoms with Gasteiger partial charge in [0.05, 0.1) is 21.4 Å². The molecule has 1 heterocycles. The molecule has 3 rings (SSSR count). The number of halogens is 2. The monoisotopic (exact) mass is 346 g/mol. The first-order valence-electron chi connectivity index (χ1n) is 6.83. The van der Waals surface area contributed by atoms with Crippen LogP contribution < -0.4 is 0 Å². The number of aromatic nitrogens is 2. The van der Waals surface area contributed by atoms with Crippen LogP contribution in [0, 0.1) is 6.92 Å². The van der Waals surface area contributed by atoms with E-state index in [0.29, 0.717) is 27.0 Å². The number of aryl methyl sites for hydroxylation is 1. The topological polar surface area (TPSA) is 55.1 Å². The van der Waals surface area contributed by atoms with Crippen molar-refractivity contribution in [3.63, 3.8) is 0 Å². The van der Waals surface area contributed by atoms with Crippen LogP contribution in [0.4, 0.5) is 0 Å². The Hall–Kier alpha value is -2.30. The highest BCUT2D eigenvalue weighted by molar-refractivity contribution is 6.42. The zero-order valence-corrected chi connectivity index (χ0v) is 13.6. The molecular weight excluding hydrogens is 335 g/mol. The molecule has 3 aromatic rings. The van der Waals surface area contributed by atoms with Crippen molar-refractivity contribution >= 4 is 29.0 Å². The highest BCUT2D eigenvalue weighted by Crippen LogP contribution is 2.30. The minimum Gasteiger partial charge on any atom is -0.493 e. The highest BCUT2D eigenvalue weighted by Gasteiger charge is 2.23. The molecule has 0 saturated heterocycles. The minimum absolute atomic E-state index is 0.169. The van der Waals surface area contributed by atoms with Gasteiger partial charge in [-0.25, -0.2) is 4.68 Å². The summed E-state index contributed by atoms with van der Waals surface area (Å²) in [4.78, 5) is 12.6. The number of hydrogen-bond acceptors (Lipinski definition) is 3. The van der Waals surface area contributed by atoms with Gasteiger partial charge in [-0.3, -0.25) is 4.79 Å². The molecule has 6 heteroatoms. The summed E-state index contributed by atoms with van der Waals surface area (Å²) >= 11 is 11.9. The Kier molecular flexibility index (Phi) is 4.11. The van der Waals surface area contributed by atoms with E-state index in [-0.39, 0.29) is 17.2 Å². The normalized spacial score (nSPS) is 10.7. The van der Waals surface area contributed by atoms with Crippen LogP contribution in [0.2, 0.25) is 10.0 Å². The SMILES string of the molecule is Cc1nn(-c2ccc(Cl)c(Cl)c2)c(O)c1C(=O)c1ccccc1. The average Bonchev–Trinajstić information content (AvgIpc) is 2.85. The molecule has 1 N–H and O–H groups in total. The third kappa shape index (κ3) is 2.83. The Morgan fingerprint density at radius 2 is 1.78 bits per heavy atom. The molecule has 23 heavy (non-hydrogen) atoms. The van der Waals surface area contributed by atoms with Gasteiger partial charge in [0.1, 0.15) is 5.56 Å². The Bertz CT molecular complexity index is 889. The number of benzene rings is 2. The molecule has 0 aliphatic carbocycles. The van der Waals surface area contributed by atoms with Crippen molar-refractivity contribution in [2.45, 2.75) is 6.92 Å². The number of ketones is 1. The van der Waals surface area contributed by atoms with E-state index >= 15 is 0 Å². The zero-order valence-electron chi connectivity index (χ0n) is 12.1. The molecule has 0 radical (unpaired) electrons. The number of aromatic hydroxyl groups is 1. The lowest BCUT2D eigenvalue weighted by Gasteiger charge is -2.05. The zero-order chi connectivity index (χ0) is 16.6. The van der Waals surface area contributed by atoms with E-state index in [0.717, 1.165) is 0 Å². The van der Waals surface area contributed by atoms with Gasteiger partial charge < -0.3 is 5.11 Å². The molecule has 2 aromatic carbocycles. The van der Waals surface area contributed by atoms with E-state index in [2.05, 4.69) is 5.10 Å². The van der Waals surface area contributed by atoms with E-state index in [1.165, 1.54) is 4.68 Å². The summed E-state index contributed by atoms with van der Waals surface area (Å²) in [6, 6.07) is 13.6. The van der Waals surface area contributed by atoms with Gasteiger partial charge >= 0.3 is 0 Å². The maximum Gasteiger partial charge on any atom is 0.225 e. The number of carbonyl (C=O) groups is 1. The van der Waals surface area contributed by atoms with Crippen LogP contribution in [0.15, 0.2) is 48.5 Å². The minimum atomic E-state index is -0.285. The van der Waals surface area contributed by atoms with Crippen LogP contribution >= 0.6 is 23.2 Å². The second kappa shape index (κ2) is 6.07. The van der Waals surface area contributed by atoms with Crippen LogP contribution in [0.25, 0.3) is 5.69 Å². The van der Waals surface area contributed by atoms with Crippen LogP contribution in [0.1, 0.15) is 21.6 Å². The van der Waals surface area contributed by atoms with Crippen molar-refractivity contribution in [3.8, 4) is 11.6 Å². The maximum absolute atomic E-state index is 12.6. The van der Waals surface area contributed by atoms with Gasteiger partial charge in [-0.05, 0) is 25.1 Å². The van der Waals surface area contributed by atoms with Crippen LogP contribution in [-0.2, 0) is 0 Å². The van der Waals surface area contributed by atoms with Gasteiger partial charge in [0.15, 0.2) is 5.78 Å². The van der Waals surface area contributed by atoms with E-state index < -0.39 is 0 Å². The van der Waals surface area contributed by atoms with Gasteiger partial charge in [-0.15, -0.1) is 0 Å². The van der Waals surface area contributed by atoms with Gasteiger partial charge in [-0.1, -0.05) is 53.5 Å². The first-order chi connectivity index (χ1) is 11.0. The molecule has 0 unspecified atom stereocenters. The quantitative estimate of drug-likeness (QED) is 0.714. The summed E-state index contributed by atoms with van der Waals surface area (Å²) < 4.78 is 1.27. The van der Waals surface area contributed by atoms with Gasteiger partial charge in [0.25, 0.3) is 0 Å². The van der Waals surface area contributed by atoms with Gasteiger partial charge in [-0.2, -0.15) is 5.10 Å². The lowest BCUT2D eigenvalue weighted by molar-refractivity contribution is 0.103. The third-order valence-electron chi connectivity index (χ3n) is 3.45. The van der Waals surface area contributed by atoms with E-state index in [1.807, 2.05) is 6.07 Å². The molecular formula is C17H12Cl2N2O2. The second-order valence-corrected chi connectivity index (χ2v) is 5.80. The second-order valence-electron chi connectivity index (χ2n) is 4.99. The summed E-state index contributed by atoms with van der Waals surface area (Å²) in [7, 11) is 0. The molecule has 4 nitrogen and oxygen atoms in total. The molecule has 0 bridgehead atoms. The summed E-state index contributed by atoms with van der Waals surface area (Å²) in [5.41, 5.74) is 1.61. The van der Waals surface area contributed by atoms with Crippen LogP contribution in [0.5, 0.6) is 5.88 Å². The molecule has 0 atom stereocenters. The fourth-order valence-electron chi connectivity index (χ4n) is 2.31. The largest absolute Gasteiger partial charge is 0.493 e. The van der Waals surface area contributed by atoms with Crippen molar-refractivity contribution < 1.29 is 9.90 Å². The van der Waals surface area contributed by atoms with Crippen molar-refractivity contribution in [2.75, 3.05) is 0 Å². The highest BCUT2D eigenvalue weighted by atomic mass is 35.5. The van der Waals surface area contributed by atoms with Crippen LogP contribution in [0.3, 0.4) is 0 Å². The molecule has 0 aliphatic heterocycles. The average molecular weight is 347 g/mol. The predicted octanol–water partition coefficient (Wildman–Crippen LogP) is 4.42. The lowest BCUT2D eigenvalue weighted by Crippen LogP contribution is -2.02. The summed E-state index contributed by atoms with van der Waals surface area (Å²) in [5.74, 6) is -0.512. The first kappa shape index (κ1) is 15.6. The van der Waals surface area contributed by atoms with Crippen LogP contribution in [-0.4, -0.2) is 20.7 Å². The van der Waals surface area contributed by atoms with Crippen molar-refractivity contribution in [1.29, 1.82) is 0 Å². The molecule has 0 aliphatic rings. The predicted molar refractivity (Wildman–Crippen MR) is 89.9 cm³/mol. The van der Waals surface area contributed by atoms with E-state index in [9.17, 15) is 9.90 Å². The Morgan fingerprint density at radius 3 is 2.43 bits per heavy atom. The molecule has 0 saturated carbocycles. The standard InChI is InChI=1S/C17H12Cl2N2O2/c1-10-15(16(22)11-5-3-2-4-6-11)17(23)21(20-10)12-7-8-13(18)14(19)9-12/h2-9,23H,1H3. The summed E-state index contributed by atoms with van der Waals surface area (Å²) in [5, 5.41) is 15.4. The smallest absolute Gasteiger partial charge is 0.225 e. The van der Waals surface area contributed by atoms with Crippen molar-refractivity contribution in [2.24, 2.45) is 0 Å². The first-order valence-corrected chi connectivity index (χ1v) is 7.58. The van der Waals surface area contributed by atoms with Gasteiger partial charge in [0.2, 0.25) is 5.88 Å². The Labute approximate surface area is 142 Å². The molecule has 0 fully saturated rings. The van der Waals surface area contributed by atoms with Crippen molar-refractivity contribution in [1.82, 2.24) is 9.78 Å². The maximum atomic E-state index is 12.6. The number of rotatable bonds is 3. The number of nitrogens with zero attached hydrogens (tertiary/aromatic N) is 2. The third-order valence-corrected chi connectivity index (χ3v) is 4.19. The summed E-state index contributed by atoms with van der Waals surface area (Å²) in [6.45, 7) is 1.67. The van der Waals surface area contributed by atoms with E-state index in [4.69, 9.17) is 23.2 Å². The van der Waals surface area contributed by atoms with E-state index in [1.54, 1.807) is 49.4 Å². The number of hydrogen-bond donors (Lipinski definition) is 1. The fourth-order valence-corrected chi connectivity index (χ4v) is 2.60. The molecule has 0 spiro atoms. The summed E-state index contributed by atoms with van der Waals surface area (Å²) in [6.07, 6.45) is 0. The van der Waals surface area contributed by atoms with Crippen molar-refractivity contribution in [3.05, 3.63) is 75.4 Å². The lowest BCUT2D eigenvalue weighted by atomic mass is 10.0. The Morgan fingerprint density at radius 1 is 1.09 bits per heavy atom. The Balaban J connectivity index is 2.10. The van der Waals surface area contributed by atoms with Gasteiger partial charge in [0, 0.05) is 5.56 Å². The molecule has 116 valence electrons. The number of carbonyl (C=O) groups excluding carboxylic acids is 1. The molecule has 1 aromatic heterocycles. The molecule has 0 amide bonds. The fraction of sp³-hybridized carbons (Fsp3) is 0.0588.